The van der Waals surface area contributed by atoms with E-state index in [-0.39, 0.29) is 17.9 Å². The molecule has 7 nitrogen and oxygen atoms in total. The van der Waals surface area contributed by atoms with Crippen molar-refractivity contribution in [2.24, 2.45) is 5.92 Å². The molecule has 2 N–H and O–H groups in total. The van der Waals surface area contributed by atoms with Crippen LogP contribution in [0.4, 0.5) is 4.79 Å². The third-order valence-corrected chi connectivity index (χ3v) is 3.22. The molecule has 108 valence electrons. The summed E-state index contributed by atoms with van der Waals surface area (Å²) >= 11 is 0. The van der Waals surface area contributed by atoms with E-state index in [4.69, 9.17) is 5.11 Å². The highest BCUT2D eigenvalue weighted by molar-refractivity contribution is 5.83. The van der Waals surface area contributed by atoms with Gasteiger partial charge in [0.1, 0.15) is 6.04 Å². The molecule has 0 bridgehead atoms. The standard InChI is InChI=1S/C12H21N3O4/c1-8(2)10(11(17)18)13-12(19)15-6-4-14(5-7-15)9(3)16/h8,10H,4-7H2,1-3H3,(H,13,19)(H,17,18)/t10-/m1/s1. The third kappa shape index (κ3) is 4.11. The summed E-state index contributed by atoms with van der Waals surface area (Å²) in [5.74, 6) is -1.23. The molecular formula is C12H21N3O4. The van der Waals surface area contributed by atoms with Gasteiger partial charge in [-0.3, -0.25) is 4.79 Å². The average Bonchev–Trinajstić information content (AvgIpc) is 2.34. The van der Waals surface area contributed by atoms with Gasteiger partial charge in [-0.05, 0) is 5.92 Å². The summed E-state index contributed by atoms with van der Waals surface area (Å²) in [6.07, 6.45) is 0. The largest absolute Gasteiger partial charge is 0.480 e. The van der Waals surface area contributed by atoms with Crippen LogP contribution in [0.3, 0.4) is 0 Å². The highest BCUT2D eigenvalue weighted by Crippen LogP contribution is 2.06. The lowest BCUT2D eigenvalue weighted by Gasteiger charge is -2.35. The van der Waals surface area contributed by atoms with Crippen molar-refractivity contribution in [2.75, 3.05) is 26.2 Å². The van der Waals surface area contributed by atoms with Gasteiger partial charge >= 0.3 is 12.0 Å². The highest BCUT2D eigenvalue weighted by Gasteiger charge is 2.28. The van der Waals surface area contributed by atoms with Crippen molar-refractivity contribution in [1.29, 1.82) is 0 Å². The number of carbonyl (C=O) groups is 3. The van der Waals surface area contributed by atoms with Crippen LogP contribution in [0.15, 0.2) is 0 Å². The number of carboxylic acid groups (broad SMARTS) is 1. The highest BCUT2D eigenvalue weighted by atomic mass is 16.4. The van der Waals surface area contributed by atoms with Gasteiger partial charge in [0.2, 0.25) is 5.91 Å². The van der Waals surface area contributed by atoms with Crippen molar-refractivity contribution in [3.63, 3.8) is 0 Å². The van der Waals surface area contributed by atoms with E-state index in [1.54, 1.807) is 18.7 Å². The maximum Gasteiger partial charge on any atom is 0.326 e. The molecule has 0 aromatic carbocycles. The summed E-state index contributed by atoms with van der Waals surface area (Å²) in [4.78, 5) is 37.3. The molecule has 0 saturated carbocycles. The van der Waals surface area contributed by atoms with E-state index in [1.807, 2.05) is 0 Å². The van der Waals surface area contributed by atoms with Crippen LogP contribution < -0.4 is 5.32 Å². The van der Waals surface area contributed by atoms with Gasteiger partial charge in [-0.2, -0.15) is 0 Å². The second kappa shape index (κ2) is 6.40. The number of amides is 3. The molecule has 19 heavy (non-hydrogen) atoms. The van der Waals surface area contributed by atoms with Gasteiger partial charge in [0.25, 0.3) is 0 Å². The molecular weight excluding hydrogens is 250 g/mol. The van der Waals surface area contributed by atoms with E-state index in [0.29, 0.717) is 26.2 Å². The lowest BCUT2D eigenvalue weighted by atomic mass is 10.1. The minimum Gasteiger partial charge on any atom is -0.480 e. The Labute approximate surface area is 112 Å². The summed E-state index contributed by atoms with van der Waals surface area (Å²) in [5.41, 5.74) is 0. The topological polar surface area (TPSA) is 90.0 Å². The zero-order chi connectivity index (χ0) is 14.6. The van der Waals surface area contributed by atoms with Gasteiger partial charge < -0.3 is 20.2 Å². The van der Waals surface area contributed by atoms with Crippen LogP contribution >= 0.6 is 0 Å². The number of nitrogens with zero attached hydrogens (tertiary/aromatic N) is 2. The Kier molecular flexibility index (Phi) is 5.14. The monoisotopic (exact) mass is 271 g/mol. The molecule has 1 atom stereocenters. The van der Waals surface area contributed by atoms with Gasteiger partial charge in [-0.25, -0.2) is 9.59 Å². The maximum absolute atomic E-state index is 11.9. The second-order valence-corrected chi connectivity index (χ2v) is 5.00. The quantitative estimate of drug-likeness (QED) is 0.754. The van der Waals surface area contributed by atoms with E-state index in [9.17, 15) is 14.4 Å². The second-order valence-electron chi connectivity index (χ2n) is 5.00. The van der Waals surface area contributed by atoms with Gasteiger partial charge in [0.15, 0.2) is 0 Å². The molecule has 7 heteroatoms. The Hall–Kier alpha value is -1.79. The number of rotatable bonds is 3. The van der Waals surface area contributed by atoms with E-state index in [0.717, 1.165) is 0 Å². The Bertz CT molecular complexity index is 362. The molecule has 3 amide bonds. The summed E-state index contributed by atoms with van der Waals surface area (Å²) < 4.78 is 0. The van der Waals surface area contributed by atoms with Crippen LogP contribution in [-0.2, 0) is 9.59 Å². The van der Waals surface area contributed by atoms with E-state index in [1.165, 1.54) is 11.8 Å². The number of piperazine rings is 1. The fourth-order valence-corrected chi connectivity index (χ4v) is 1.96. The summed E-state index contributed by atoms with van der Waals surface area (Å²) in [6, 6.07) is -1.28. The minimum absolute atomic E-state index is 0.00866. The Morgan fingerprint density at radius 3 is 1.89 bits per heavy atom. The van der Waals surface area contributed by atoms with Gasteiger partial charge in [-0.15, -0.1) is 0 Å². The summed E-state index contributed by atoms with van der Waals surface area (Å²) in [5, 5.41) is 11.5. The fourth-order valence-electron chi connectivity index (χ4n) is 1.96. The molecule has 1 rings (SSSR count). The predicted octanol–water partition coefficient (Wildman–Crippen LogP) is -0.0307. The third-order valence-electron chi connectivity index (χ3n) is 3.22. The van der Waals surface area contributed by atoms with Crippen molar-refractivity contribution in [3.05, 3.63) is 0 Å². The Morgan fingerprint density at radius 2 is 1.53 bits per heavy atom. The molecule has 1 aliphatic heterocycles. The number of carboxylic acids is 1. The van der Waals surface area contributed by atoms with Crippen LogP contribution in [0.2, 0.25) is 0 Å². The SMILES string of the molecule is CC(=O)N1CCN(C(=O)N[C@@H](C(=O)O)C(C)C)CC1. The molecule has 0 aliphatic carbocycles. The van der Waals surface area contributed by atoms with E-state index < -0.39 is 12.0 Å². The first kappa shape index (κ1) is 15.3. The van der Waals surface area contributed by atoms with Gasteiger partial charge in [0.05, 0.1) is 0 Å². The van der Waals surface area contributed by atoms with Gasteiger partial charge in [0, 0.05) is 33.1 Å². The molecule has 0 unspecified atom stereocenters. The molecule has 0 spiro atoms. The maximum atomic E-state index is 11.9. The smallest absolute Gasteiger partial charge is 0.326 e. The first-order chi connectivity index (χ1) is 8.82. The fraction of sp³-hybridized carbons (Fsp3) is 0.750. The molecule has 1 saturated heterocycles. The molecule has 1 fully saturated rings. The summed E-state index contributed by atoms with van der Waals surface area (Å²) in [7, 11) is 0. The zero-order valence-corrected chi connectivity index (χ0v) is 11.5. The van der Waals surface area contributed by atoms with Crippen molar-refractivity contribution in [2.45, 2.75) is 26.8 Å². The average molecular weight is 271 g/mol. The molecule has 1 heterocycles. The van der Waals surface area contributed by atoms with Gasteiger partial charge in [-0.1, -0.05) is 13.8 Å². The van der Waals surface area contributed by atoms with E-state index in [2.05, 4.69) is 5.32 Å². The number of urea groups is 1. The van der Waals surface area contributed by atoms with Crippen molar-refractivity contribution in [1.82, 2.24) is 15.1 Å². The number of aliphatic carboxylic acids is 1. The first-order valence-electron chi connectivity index (χ1n) is 6.36. The lowest BCUT2D eigenvalue weighted by molar-refractivity contribution is -0.140. The van der Waals surface area contributed by atoms with Crippen LogP contribution in [0, 0.1) is 5.92 Å². The molecule has 0 radical (unpaired) electrons. The molecule has 0 aromatic heterocycles. The Morgan fingerprint density at radius 1 is 1.05 bits per heavy atom. The van der Waals surface area contributed by atoms with Crippen molar-refractivity contribution >= 4 is 17.9 Å². The molecule has 1 aliphatic rings. The van der Waals surface area contributed by atoms with Crippen LogP contribution in [0.5, 0.6) is 0 Å². The predicted molar refractivity (Wildman–Crippen MR) is 68.6 cm³/mol. The molecule has 0 aromatic rings. The number of hydrogen-bond acceptors (Lipinski definition) is 3. The van der Waals surface area contributed by atoms with Crippen LogP contribution in [0.1, 0.15) is 20.8 Å². The van der Waals surface area contributed by atoms with Crippen molar-refractivity contribution in [3.8, 4) is 0 Å². The van der Waals surface area contributed by atoms with Crippen LogP contribution in [0.25, 0.3) is 0 Å². The first-order valence-corrected chi connectivity index (χ1v) is 6.36. The minimum atomic E-state index is -1.04. The normalized spacial score (nSPS) is 17.3. The number of carbonyl (C=O) groups excluding carboxylic acids is 2. The summed E-state index contributed by atoms with van der Waals surface area (Å²) in [6.45, 7) is 6.81. The Balaban J connectivity index is 2.51. The van der Waals surface area contributed by atoms with Crippen molar-refractivity contribution < 1.29 is 19.5 Å². The zero-order valence-electron chi connectivity index (χ0n) is 11.5. The number of hydrogen-bond donors (Lipinski definition) is 2. The lowest BCUT2D eigenvalue weighted by Crippen LogP contribution is -2.56. The van der Waals surface area contributed by atoms with Crippen LogP contribution in [-0.4, -0.2) is 65.0 Å². The van der Waals surface area contributed by atoms with E-state index >= 15 is 0 Å². The number of nitrogens with one attached hydrogen (secondary N) is 1.